The van der Waals surface area contributed by atoms with Gasteiger partial charge in [0.15, 0.2) is 0 Å². The topological polar surface area (TPSA) is 67.2 Å². The van der Waals surface area contributed by atoms with Gasteiger partial charge in [-0.15, -0.1) is 0 Å². The van der Waals surface area contributed by atoms with Crippen molar-refractivity contribution in [1.29, 1.82) is 0 Å². The summed E-state index contributed by atoms with van der Waals surface area (Å²) < 4.78 is 1.89. The van der Waals surface area contributed by atoms with E-state index in [2.05, 4.69) is 10.3 Å². The highest BCUT2D eigenvalue weighted by atomic mass is 16.4. The molecule has 0 fully saturated rings. The molecule has 0 atom stereocenters. The molecule has 0 unspecified atom stereocenters. The summed E-state index contributed by atoms with van der Waals surface area (Å²) >= 11 is 0. The van der Waals surface area contributed by atoms with Crippen molar-refractivity contribution in [3.05, 3.63) is 47.5 Å². The van der Waals surface area contributed by atoms with E-state index in [-0.39, 0.29) is 5.56 Å². The smallest absolute Gasteiger partial charge is 0.337 e. The highest BCUT2D eigenvalue weighted by Gasteiger charge is 2.12. The van der Waals surface area contributed by atoms with Gasteiger partial charge in [-0.2, -0.15) is 0 Å². The van der Waals surface area contributed by atoms with Crippen LogP contribution in [0.3, 0.4) is 0 Å². The Labute approximate surface area is 105 Å². The predicted molar refractivity (Wildman–Crippen MR) is 68.7 cm³/mol. The molecule has 0 radical (unpaired) electrons. The first-order valence-corrected chi connectivity index (χ1v) is 5.62. The minimum absolute atomic E-state index is 0.282. The fourth-order valence-electron chi connectivity index (χ4n) is 1.81. The maximum atomic E-state index is 11.1. The normalized spacial score (nSPS) is 10.3. The molecule has 0 saturated heterocycles. The number of carbonyl (C=O) groups is 1. The molecule has 2 N–H and O–H groups in total. The number of hydrogen-bond acceptors (Lipinski definition) is 3. The fraction of sp³-hybridized carbons (Fsp3) is 0.231. The second kappa shape index (κ2) is 4.91. The number of nitrogens with zero attached hydrogens (tertiary/aromatic N) is 2. The maximum Gasteiger partial charge on any atom is 0.337 e. The molecule has 94 valence electrons. The fourth-order valence-corrected chi connectivity index (χ4v) is 1.81. The van der Waals surface area contributed by atoms with Gasteiger partial charge in [0.1, 0.15) is 5.82 Å². The van der Waals surface area contributed by atoms with Crippen LogP contribution in [0.15, 0.2) is 30.6 Å². The minimum Gasteiger partial charge on any atom is -0.478 e. The lowest BCUT2D eigenvalue weighted by molar-refractivity contribution is 0.0698. The Bertz CT molecular complexity index is 575. The van der Waals surface area contributed by atoms with Gasteiger partial charge in [-0.3, -0.25) is 0 Å². The molecule has 1 aromatic heterocycles. The molecular weight excluding hydrogens is 230 g/mol. The monoisotopic (exact) mass is 245 g/mol. The van der Waals surface area contributed by atoms with Crippen molar-refractivity contribution >= 4 is 11.7 Å². The van der Waals surface area contributed by atoms with Gasteiger partial charge in [0.2, 0.25) is 0 Å². The molecule has 2 aromatic rings. The van der Waals surface area contributed by atoms with E-state index < -0.39 is 5.97 Å². The molecule has 0 amide bonds. The number of imidazole rings is 1. The van der Waals surface area contributed by atoms with Gasteiger partial charge in [0.05, 0.1) is 17.8 Å². The first-order chi connectivity index (χ1) is 8.59. The van der Waals surface area contributed by atoms with E-state index in [1.807, 2.05) is 30.8 Å². The number of rotatable bonds is 4. The second-order valence-electron chi connectivity index (χ2n) is 4.11. The van der Waals surface area contributed by atoms with Gasteiger partial charge >= 0.3 is 5.97 Å². The summed E-state index contributed by atoms with van der Waals surface area (Å²) in [6.45, 7) is 2.38. The number of carboxylic acids is 1. The highest BCUT2D eigenvalue weighted by molar-refractivity contribution is 5.95. The molecule has 0 aliphatic rings. The van der Waals surface area contributed by atoms with Crippen LogP contribution in [-0.4, -0.2) is 20.6 Å². The molecule has 2 rings (SSSR count). The van der Waals surface area contributed by atoms with Gasteiger partial charge in [0, 0.05) is 19.4 Å². The lowest BCUT2D eigenvalue weighted by Gasteiger charge is -2.12. The third-order valence-corrected chi connectivity index (χ3v) is 2.85. The van der Waals surface area contributed by atoms with Crippen molar-refractivity contribution in [2.45, 2.75) is 13.5 Å². The van der Waals surface area contributed by atoms with Crippen LogP contribution in [0, 0.1) is 6.92 Å². The average Bonchev–Trinajstić information content (AvgIpc) is 2.73. The predicted octanol–water partition coefficient (Wildman–Crippen LogP) is 2.04. The van der Waals surface area contributed by atoms with Crippen LogP contribution in [0.4, 0.5) is 5.69 Å². The molecule has 5 nitrogen and oxygen atoms in total. The first-order valence-electron chi connectivity index (χ1n) is 5.62. The van der Waals surface area contributed by atoms with Gasteiger partial charge in [-0.1, -0.05) is 12.1 Å². The second-order valence-corrected chi connectivity index (χ2v) is 4.11. The van der Waals surface area contributed by atoms with Crippen LogP contribution in [0.5, 0.6) is 0 Å². The van der Waals surface area contributed by atoms with Crippen LogP contribution >= 0.6 is 0 Å². The quantitative estimate of drug-likeness (QED) is 0.865. The molecule has 0 aliphatic carbocycles. The number of aromatic carboxylic acids is 1. The summed E-state index contributed by atoms with van der Waals surface area (Å²) in [6, 6.07) is 5.22. The van der Waals surface area contributed by atoms with E-state index in [1.165, 1.54) is 0 Å². The summed E-state index contributed by atoms with van der Waals surface area (Å²) in [5.41, 5.74) is 1.83. The average molecular weight is 245 g/mol. The van der Waals surface area contributed by atoms with Gasteiger partial charge in [-0.05, 0) is 18.6 Å². The molecule has 1 heterocycles. The number of carboxylic acid groups (broad SMARTS) is 1. The van der Waals surface area contributed by atoms with E-state index in [0.29, 0.717) is 12.2 Å². The maximum absolute atomic E-state index is 11.1. The zero-order valence-electron chi connectivity index (χ0n) is 10.3. The summed E-state index contributed by atoms with van der Waals surface area (Å²) in [7, 11) is 1.90. The number of aromatic nitrogens is 2. The van der Waals surface area contributed by atoms with Crippen LogP contribution in [-0.2, 0) is 13.6 Å². The summed E-state index contributed by atoms with van der Waals surface area (Å²) in [6.07, 6.45) is 3.57. The number of nitrogens with one attached hydrogen (secondary N) is 1. The SMILES string of the molecule is Cc1cccc(C(=O)O)c1NCc1nccn1C. The number of benzene rings is 1. The Kier molecular flexibility index (Phi) is 3.32. The summed E-state index contributed by atoms with van der Waals surface area (Å²) in [5, 5.41) is 12.3. The first kappa shape index (κ1) is 12.2. The molecule has 0 spiro atoms. The Morgan fingerprint density at radius 1 is 1.50 bits per heavy atom. The third kappa shape index (κ3) is 2.34. The van der Waals surface area contributed by atoms with Gasteiger partial charge in [-0.25, -0.2) is 9.78 Å². The van der Waals surface area contributed by atoms with Crippen molar-refractivity contribution in [1.82, 2.24) is 9.55 Å². The van der Waals surface area contributed by atoms with Gasteiger partial charge in [0.25, 0.3) is 0 Å². The molecule has 0 bridgehead atoms. The standard InChI is InChI=1S/C13H15N3O2/c1-9-4-3-5-10(13(17)18)12(9)15-8-11-14-6-7-16(11)2/h3-7,15H,8H2,1-2H3,(H,17,18). The van der Waals surface area contributed by atoms with Crippen molar-refractivity contribution in [2.75, 3.05) is 5.32 Å². The number of aryl methyl sites for hydroxylation is 2. The summed E-state index contributed by atoms with van der Waals surface area (Å²) in [5.74, 6) is -0.0735. The zero-order valence-corrected chi connectivity index (χ0v) is 10.3. The van der Waals surface area contributed by atoms with E-state index in [1.54, 1.807) is 18.3 Å². The highest BCUT2D eigenvalue weighted by Crippen LogP contribution is 2.21. The molecule has 1 aromatic carbocycles. The largest absolute Gasteiger partial charge is 0.478 e. The zero-order chi connectivity index (χ0) is 13.1. The number of hydrogen-bond donors (Lipinski definition) is 2. The van der Waals surface area contributed by atoms with Crippen LogP contribution in [0.25, 0.3) is 0 Å². The molecule has 5 heteroatoms. The third-order valence-electron chi connectivity index (χ3n) is 2.85. The molecule has 0 aliphatic heterocycles. The van der Waals surface area contributed by atoms with Crippen LogP contribution < -0.4 is 5.32 Å². The number of anilines is 1. The molecule has 0 saturated carbocycles. The van der Waals surface area contributed by atoms with E-state index in [0.717, 1.165) is 11.4 Å². The Morgan fingerprint density at radius 2 is 2.28 bits per heavy atom. The molecular formula is C13H15N3O2. The summed E-state index contributed by atoms with van der Waals surface area (Å²) in [4.78, 5) is 15.3. The van der Waals surface area contributed by atoms with Crippen molar-refractivity contribution in [2.24, 2.45) is 7.05 Å². The van der Waals surface area contributed by atoms with Crippen LogP contribution in [0.2, 0.25) is 0 Å². The Balaban J connectivity index is 2.24. The van der Waals surface area contributed by atoms with Crippen LogP contribution in [0.1, 0.15) is 21.7 Å². The van der Waals surface area contributed by atoms with E-state index >= 15 is 0 Å². The van der Waals surface area contributed by atoms with Crippen molar-refractivity contribution in [3.63, 3.8) is 0 Å². The van der Waals surface area contributed by atoms with E-state index in [4.69, 9.17) is 5.11 Å². The number of para-hydroxylation sites is 1. The van der Waals surface area contributed by atoms with Gasteiger partial charge < -0.3 is 15.0 Å². The van der Waals surface area contributed by atoms with E-state index in [9.17, 15) is 4.79 Å². The van der Waals surface area contributed by atoms with Crippen molar-refractivity contribution < 1.29 is 9.90 Å². The molecule has 18 heavy (non-hydrogen) atoms. The minimum atomic E-state index is -0.930. The lowest BCUT2D eigenvalue weighted by Crippen LogP contribution is -2.10. The Morgan fingerprint density at radius 3 is 2.89 bits per heavy atom. The Hall–Kier alpha value is -2.30. The lowest BCUT2D eigenvalue weighted by atomic mass is 10.1. The van der Waals surface area contributed by atoms with Crippen molar-refractivity contribution in [3.8, 4) is 0 Å².